The number of aryl methyl sites for hydroxylation is 2. The second-order valence-corrected chi connectivity index (χ2v) is 7.01. The van der Waals surface area contributed by atoms with Crippen LogP contribution in [-0.2, 0) is 17.6 Å². The lowest BCUT2D eigenvalue weighted by Gasteiger charge is -2.22. The maximum Gasteiger partial charge on any atom is 0.227 e. The van der Waals surface area contributed by atoms with Gasteiger partial charge in [0.1, 0.15) is 0 Å². The first-order valence-electron chi connectivity index (χ1n) is 8.26. The molecule has 3 nitrogen and oxygen atoms in total. The van der Waals surface area contributed by atoms with Gasteiger partial charge in [-0.25, -0.2) is 0 Å². The number of halogens is 1. The number of hydrogen-bond acceptors (Lipinski definition) is 1. The van der Waals surface area contributed by atoms with E-state index in [4.69, 9.17) is 11.6 Å². The van der Waals surface area contributed by atoms with Crippen LogP contribution in [0.15, 0.2) is 42.5 Å². The van der Waals surface area contributed by atoms with Crippen molar-refractivity contribution < 1.29 is 4.79 Å². The first-order chi connectivity index (χ1) is 11.6. The van der Waals surface area contributed by atoms with Gasteiger partial charge in [0.15, 0.2) is 0 Å². The molecule has 4 heteroatoms. The van der Waals surface area contributed by atoms with Crippen LogP contribution in [0.2, 0.25) is 5.02 Å². The zero-order valence-electron chi connectivity index (χ0n) is 13.5. The maximum absolute atomic E-state index is 12.7. The summed E-state index contributed by atoms with van der Waals surface area (Å²) >= 11 is 6.15. The Morgan fingerprint density at radius 1 is 1.25 bits per heavy atom. The van der Waals surface area contributed by atoms with E-state index < -0.39 is 0 Å². The number of fused-ring (bicyclic) bond motifs is 3. The van der Waals surface area contributed by atoms with Gasteiger partial charge in [0, 0.05) is 33.2 Å². The van der Waals surface area contributed by atoms with E-state index in [1.54, 1.807) is 0 Å². The Balaban J connectivity index is 1.58. The van der Waals surface area contributed by atoms with Gasteiger partial charge in [-0.2, -0.15) is 0 Å². The van der Waals surface area contributed by atoms with Crippen LogP contribution in [-0.4, -0.2) is 10.9 Å². The minimum absolute atomic E-state index is 0.00371. The Labute approximate surface area is 146 Å². The number of anilines is 1. The van der Waals surface area contributed by atoms with Gasteiger partial charge in [-0.3, -0.25) is 4.79 Å². The van der Waals surface area contributed by atoms with Crippen molar-refractivity contribution in [1.29, 1.82) is 0 Å². The van der Waals surface area contributed by atoms with Gasteiger partial charge >= 0.3 is 0 Å². The monoisotopic (exact) mass is 338 g/mol. The molecule has 1 aliphatic rings. The van der Waals surface area contributed by atoms with Crippen LogP contribution in [0, 0.1) is 12.8 Å². The van der Waals surface area contributed by atoms with E-state index in [0.717, 1.165) is 46.4 Å². The topological polar surface area (TPSA) is 44.9 Å². The third-order valence-electron chi connectivity index (χ3n) is 4.81. The number of benzene rings is 2. The summed E-state index contributed by atoms with van der Waals surface area (Å²) in [5.41, 5.74) is 5.59. The molecule has 0 saturated carbocycles. The number of rotatable bonds is 2. The molecule has 24 heavy (non-hydrogen) atoms. The Kier molecular flexibility index (Phi) is 3.81. The molecule has 2 aromatic carbocycles. The molecular formula is C20H19ClN2O. The highest BCUT2D eigenvalue weighted by molar-refractivity contribution is 6.31. The zero-order valence-corrected chi connectivity index (χ0v) is 14.3. The predicted octanol–water partition coefficient (Wildman–Crippen LogP) is 4.87. The standard InChI is InChI=1S/C20H19ClN2O/c1-12-3-2-4-15(9-12)22-20(24)13-5-7-18-16(10-13)17-11-14(21)6-8-19(17)23-18/h2-4,6,8-9,11,13,23H,5,7,10H2,1H3,(H,22,24). The third-order valence-corrected chi connectivity index (χ3v) is 5.04. The molecule has 4 rings (SSSR count). The van der Waals surface area contributed by atoms with Crippen LogP contribution in [0.5, 0.6) is 0 Å². The van der Waals surface area contributed by atoms with Crippen molar-refractivity contribution in [2.75, 3.05) is 5.32 Å². The number of carbonyl (C=O) groups excluding carboxylic acids is 1. The molecule has 1 aliphatic carbocycles. The van der Waals surface area contributed by atoms with Gasteiger partial charge < -0.3 is 10.3 Å². The summed E-state index contributed by atoms with van der Waals surface area (Å²) in [6.45, 7) is 2.03. The van der Waals surface area contributed by atoms with Gasteiger partial charge in [0.05, 0.1) is 0 Å². The molecule has 122 valence electrons. The van der Waals surface area contributed by atoms with Crippen LogP contribution < -0.4 is 5.32 Å². The highest BCUT2D eigenvalue weighted by Crippen LogP contribution is 2.33. The first-order valence-corrected chi connectivity index (χ1v) is 8.64. The van der Waals surface area contributed by atoms with Gasteiger partial charge in [0.2, 0.25) is 5.91 Å². The second kappa shape index (κ2) is 5.99. The molecule has 0 spiro atoms. The first kappa shape index (κ1) is 15.3. The Morgan fingerprint density at radius 3 is 2.96 bits per heavy atom. The fourth-order valence-electron chi connectivity index (χ4n) is 3.58. The number of carbonyl (C=O) groups is 1. The second-order valence-electron chi connectivity index (χ2n) is 6.57. The van der Waals surface area contributed by atoms with Crippen molar-refractivity contribution in [2.45, 2.75) is 26.2 Å². The van der Waals surface area contributed by atoms with Gasteiger partial charge in [-0.05, 0) is 67.6 Å². The van der Waals surface area contributed by atoms with Crippen molar-refractivity contribution in [2.24, 2.45) is 5.92 Å². The van der Waals surface area contributed by atoms with Crippen molar-refractivity contribution in [3.63, 3.8) is 0 Å². The molecule has 0 aliphatic heterocycles. The number of hydrogen-bond donors (Lipinski definition) is 2. The molecule has 2 N–H and O–H groups in total. The Morgan fingerprint density at radius 2 is 2.12 bits per heavy atom. The van der Waals surface area contributed by atoms with Crippen LogP contribution in [0.3, 0.4) is 0 Å². The molecule has 3 aromatic rings. The molecule has 0 fully saturated rings. The predicted molar refractivity (Wildman–Crippen MR) is 98.6 cm³/mol. The van der Waals surface area contributed by atoms with E-state index in [-0.39, 0.29) is 11.8 Å². The van der Waals surface area contributed by atoms with E-state index in [1.165, 1.54) is 11.3 Å². The summed E-state index contributed by atoms with van der Waals surface area (Å²) in [6.07, 6.45) is 2.52. The molecule has 1 amide bonds. The molecule has 1 aromatic heterocycles. The van der Waals surface area contributed by atoms with Crippen LogP contribution in [0.25, 0.3) is 10.9 Å². The number of aromatic nitrogens is 1. The molecule has 0 saturated heterocycles. The van der Waals surface area contributed by atoms with E-state index >= 15 is 0 Å². The Hall–Kier alpha value is -2.26. The minimum atomic E-state index is -0.00371. The fourth-order valence-corrected chi connectivity index (χ4v) is 3.75. The van der Waals surface area contributed by atoms with E-state index in [9.17, 15) is 4.79 Å². The number of H-pyrrole nitrogens is 1. The van der Waals surface area contributed by atoms with E-state index in [1.807, 2.05) is 49.4 Å². The summed E-state index contributed by atoms with van der Waals surface area (Å²) in [5.74, 6) is 0.0959. The van der Waals surface area contributed by atoms with Gasteiger partial charge in [-0.15, -0.1) is 0 Å². The molecule has 1 heterocycles. The lowest BCUT2D eigenvalue weighted by molar-refractivity contribution is -0.120. The number of amides is 1. The van der Waals surface area contributed by atoms with Crippen molar-refractivity contribution in [3.8, 4) is 0 Å². The fraction of sp³-hybridized carbons (Fsp3) is 0.250. The lowest BCUT2D eigenvalue weighted by atomic mass is 9.85. The minimum Gasteiger partial charge on any atom is -0.358 e. The van der Waals surface area contributed by atoms with E-state index in [0.29, 0.717) is 0 Å². The molecular weight excluding hydrogens is 320 g/mol. The number of aromatic amines is 1. The summed E-state index contributed by atoms with van der Waals surface area (Å²) in [7, 11) is 0. The van der Waals surface area contributed by atoms with Crippen molar-refractivity contribution in [3.05, 3.63) is 64.3 Å². The van der Waals surface area contributed by atoms with Crippen molar-refractivity contribution in [1.82, 2.24) is 4.98 Å². The summed E-state index contributed by atoms with van der Waals surface area (Å²) < 4.78 is 0. The average molecular weight is 339 g/mol. The van der Waals surface area contributed by atoms with Crippen LogP contribution in [0.4, 0.5) is 5.69 Å². The highest BCUT2D eigenvalue weighted by Gasteiger charge is 2.27. The largest absolute Gasteiger partial charge is 0.358 e. The normalized spacial score (nSPS) is 16.8. The number of nitrogens with one attached hydrogen (secondary N) is 2. The zero-order chi connectivity index (χ0) is 16.7. The quantitative estimate of drug-likeness (QED) is 0.687. The average Bonchev–Trinajstić information content (AvgIpc) is 2.92. The van der Waals surface area contributed by atoms with Crippen molar-refractivity contribution >= 4 is 34.1 Å². The van der Waals surface area contributed by atoms with Gasteiger partial charge in [-0.1, -0.05) is 23.7 Å². The smallest absolute Gasteiger partial charge is 0.227 e. The lowest BCUT2D eigenvalue weighted by Crippen LogP contribution is -2.28. The summed E-state index contributed by atoms with van der Waals surface area (Å²) in [4.78, 5) is 16.1. The van der Waals surface area contributed by atoms with Gasteiger partial charge in [0.25, 0.3) is 0 Å². The highest BCUT2D eigenvalue weighted by atomic mass is 35.5. The maximum atomic E-state index is 12.7. The molecule has 0 radical (unpaired) electrons. The summed E-state index contributed by atoms with van der Waals surface area (Å²) in [5, 5.41) is 4.94. The van der Waals surface area contributed by atoms with Crippen LogP contribution >= 0.6 is 11.6 Å². The Bertz CT molecular complexity index is 929. The van der Waals surface area contributed by atoms with Crippen LogP contribution in [0.1, 0.15) is 23.2 Å². The molecule has 0 bridgehead atoms. The SMILES string of the molecule is Cc1cccc(NC(=O)C2CCc3[nH]c4ccc(Cl)cc4c3C2)c1. The third kappa shape index (κ3) is 2.80. The molecule has 1 unspecified atom stereocenters. The molecule has 1 atom stereocenters. The summed E-state index contributed by atoms with van der Waals surface area (Å²) in [6, 6.07) is 13.8. The van der Waals surface area contributed by atoms with E-state index in [2.05, 4.69) is 10.3 Å².